The Kier molecular flexibility index (Phi) is 5.24. The van der Waals surface area contributed by atoms with Crippen LogP contribution in [0.1, 0.15) is 16.8 Å². The van der Waals surface area contributed by atoms with Gasteiger partial charge in [-0.15, -0.1) is 5.10 Å². The van der Waals surface area contributed by atoms with Crippen LogP contribution in [-0.4, -0.2) is 53.1 Å². The molecule has 6 rings (SSSR count). The molecule has 7 nitrogen and oxygen atoms in total. The molecule has 33 heavy (non-hydrogen) atoms. The van der Waals surface area contributed by atoms with Crippen LogP contribution in [0, 0.1) is 0 Å². The summed E-state index contributed by atoms with van der Waals surface area (Å²) in [5.74, 6) is 2.66. The number of piperazine rings is 1. The molecular weight excluding hydrogens is 414 g/mol. The zero-order chi connectivity index (χ0) is 22.0. The Morgan fingerprint density at radius 3 is 2.39 bits per heavy atom. The molecule has 0 saturated carbocycles. The minimum atomic E-state index is 0.313. The van der Waals surface area contributed by atoms with Gasteiger partial charge in [0.05, 0.1) is 5.69 Å². The largest absolute Gasteiger partial charge is 0.454 e. The van der Waals surface area contributed by atoms with E-state index < -0.39 is 0 Å². The molecule has 2 aromatic carbocycles. The maximum atomic E-state index is 5.52. The third-order valence-electron chi connectivity index (χ3n) is 6.38. The second-order valence-corrected chi connectivity index (χ2v) is 8.50. The van der Waals surface area contributed by atoms with E-state index in [1.54, 1.807) is 0 Å². The van der Waals surface area contributed by atoms with Crippen LogP contribution in [0.15, 0.2) is 67.0 Å². The molecule has 0 unspecified atom stereocenters. The van der Waals surface area contributed by atoms with Gasteiger partial charge >= 0.3 is 0 Å². The molecule has 0 amide bonds. The van der Waals surface area contributed by atoms with E-state index in [1.165, 1.54) is 21.9 Å². The number of pyridine rings is 1. The molecule has 0 bridgehead atoms. The van der Waals surface area contributed by atoms with E-state index in [9.17, 15) is 0 Å². The van der Waals surface area contributed by atoms with Gasteiger partial charge in [-0.2, -0.15) is 5.10 Å². The minimum Gasteiger partial charge on any atom is -0.454 e. The molecule has 0 atom stereocenters. The van der Waals surface area contributed by atoms with E-state index in [0.717, 1.165) is 62.2 Å². The van der Waals surface area contributed by atoms with Crippen molar-refractivity contribution in [1.29, 1.82) is 0 Å². The van der Waals surface area contributed by atoms with Gasteiger partial charge in [0.25, 0.3) is 0 Å². The Hall–Kier alpha value is -3.71. The predicted octanol–water partition coefficient (Wildman–Crippen LogP) is 3.67. The van der Waals surface area contributed by atoms with Crippen molar-refractivity contribution in [3.05, 3.63) is 83.8 Å². The molecule has 1 fully saturated rings. The zero-order valence-corrected chi connectivity index (χ0v) is 18.4. The Labute approximate surface area is 192 Å². The summed E-state index contributed by atoms with van der Waals surface area (Å²) in [5.41, 5.74) is 3.44. The molecule has 1 saturated heterocycles. The Bertz CT molecular complexity index is 1270. The number of fused-ring (bicyclic) bond motifs is 2. The lowest BCUT2D eigenvalue weighted by Crippen LogP contribution is -2.46. The first-order chi connectivity index (χ1) is 16.3. The molecule has 0 N–H and O–H groups in total. The van der Waals surface area contributed by atoms with Crippen molar-refractivity contribution in [2.45, 2.75) is 13.0 Å². The van der Waals surface area contributed by atoms with E-state index in [4.69, 9.17) is 9.47 Å². The summed E-state index contributed by atoms with van der Waals surface area (Å²) in [6, 6.07) is 18.8. The molecule has 0 radical (unpaired) electrons. The first-order valence-electron chi connectivity index (χ1n) is 11.3. The smallest absolute Gasteiger partial charge is 0.231 e. The molecule has 7 heteroatoms. The number of hydrogen-bond donors (Lipinski definition) is 0. The zero-order valence-electron chi connectivity index (χ0n) is 18.4. The van der Waals surface area contributed by atoms with E-state index in [2.05, 4.69) is 61.4 Å². The fraction of sp³-hybridized carbons (Fsp3) is 0.269. The lowest BCUT2D eigenvalue weighted by Gasteiger charge is -2.35. The van der Waals surface area contributed by atoms with Gasteiger partial charge in [-0.1, -0.05) is 30.3 Å². The van der Waals surface area contributed by atoms with Crippen molar-refractivity contribution in [2.75, 3.05) is 37.9 Å². The minimum absolute atomic E-state index is 0.313. The van der Waals surface area contributed by atoms with Crippen molar-refractivity contribution in [1.82, 2.24) is 20.1 Å². The van der Waals surface area contributed by atoms with Crippen LogP contribution in [0.3, 0.4) is 0 Å². The number of benzene rings is 2. The first-order valence-corrected chi connectivity index (χ1v) is 11.3. The van der Waals surface area contributed by atoms with Crippen LogP contribution >= 0.6 is 0 Å². The van der Waals surface area contributed by atoms with Gasteiger partial charge in [-0.25, -0.2) is 0 Å². The summed E-state index contributed by atoms with van der Waals surface area (Å²) in [4.78, 5) is 8.95. The summed E-state index contributed by atoms with van der Waals surface area (Å²) in [7, 11) is 0. The maximum absolute atomic E-state index is 5.52. The first kappa shape index (κ1) is 19.9. The average molecular weight is 440 g/mol. The molecule has 4 aromatic rings. The maximum Gasteiger partial charge on any atom is 0.231 e. The van der Waals surface area contributed by atoms with Crippen LogP contribution in [0.2, 0.25) is 0 Å². The van der Waals surface area contributed by atoms with Gasteiger partial charge in [0.1, 0.15) is 0 Å². The van der Waals surface area contributed by atoms with Crippen LogP contribution < -0.4 is 14.4 Å². The molecule has 0 spiro atoms. The topological polar surface area (TPSA) is 63.6 Å². The summed E-state index contributed by atoms with van der Waals surface area (Å²) >= 11 is 0. The molecule has 4 heterocycles. The summed E-state index contributed by atoms with van der Waals surface area (Å²) in [6.07, 6.45) is 4.39. The second-order valence-electron chi connectivity index (χ2n) is 8.50. The van der Waals surface area contributed by atoms with Crippen LogP contribution in [0.25, 0.3) is 10.8 Å². The Morgan fingerprint density at radius 1 is 0.758 bits per heavy atom. The van der Waals surface area contributed by atoms with Gasteiger partial charge in [0.2, 0.25) is 6.79 Å². The van der Waals surface area contributed by atoms with Crippen LogP contribution in [0.4, 0.5) is 5.82 Å². The summed E-state index contributed by atoms with van der Waals surface area (Å²) in [6.45, 7) is 5.02. The number of nitrogens with zero attached hydrogens (tertiary/aromatic N) is 5. The lowest BCUT2D eigenvalue weighted by molar-refractivity contribution is 0.174. The van der Waals surface area contributed by atoms with Crippen molar-refractivity contribution >= 4 is 16.6 Å². The normalized spacial score (nSPS) is 15.8. The van der Waals surface area contributed by atoms with Gasteiger partial charge in [-0.05, 0) is 35.4 Å². The molecule has 2 aliphatic rings. The molecule has 166 valence electrons. The summed E-state index contributed by atoms with van der Waals surface area (Å²) < 4.78 is 10.9. The van der Waals surface area contributed by atoms with Crippen molar-refractivity contribution in [2.24, 2.45) is 0 Å². The Morgan fingerprint density at radius 2 is 1.55 bits per heavy atom. The molecular formula is C26H25N5O2. The van der Waals surface area contributed by atoms with Crippen LogP contribution in [0.5, 0.6) is 11.5 Å². The lowest BCUT2D eigenvalue weighted by atomic mass is 10.0. The number of anilines is 1. The second kappa shape index (κ2) is 8.67. The highest BCUT2D eigenvalue weighted by Gasteiger charge is 2.22. The standard InChI is InChI=1S/C26H25N5O2/c1-2-4-22-21(3-1)23(15-19-7-9-27-10-8-19)28-29-26(22)31-13-11-30(12-14-31)17-20-5-6-24-25(16-20)33-18-32-24/h1-10,16H,11-15,17-18H2. The molecule has 2 aromatic heterocycles. The third-order valence-corrected chi connectivity index (χ3v) is 6.38. The highest BCUT2D eigenvalue weighted by Crippen LogP contribution is 2.33. The summed E-state index contributed by atoms with van der Waals surface area (Å²) in [5, 5.41) is 11.7. The van der Waals surface area contributed by atoms with Gasteiger partial charge in [-0.3, -0.25) is 9.88 Å². The van der Waals surface area contributed by atoms with Crippen molar-refractivity contribution < 1.29 is 9.47 Å². The van der Waals surface area contributed by atoms with E-state index in [0.29, 0.717) is 6.79 Å². The van der Waals surface area contributed by atoms with E-state index in [1.807, 2.05) is 30.6 Å². The number of ether oxygens (including phenoxy) is 2. The number of rotatable bonds is 5. The highest BCUT2D eigenvalue weighted by atomic mass is 16.7. The number of hydrogen-bond acceptors (Lipinski definition) is 7. The predicted molar refractivity (Wildman–Crippen MR) is 127 cm³/mol. The Balaban J connectivity index is 1.17. The van der Waals surface area contributed by atoms with Gasteiger partial charge in [0.15, 0.2) is 17.3 Å². The van der Waals surface area contributed by atoms with Crippen molar-refractivity contribution in [3.8, 4) is 11.5 Å². The van der Waals surface area contributed by atoms with E-state index >= 15 is 0 Å². The monoisotopic (exact) mass is 439 g/mol. The van der Waals surface area contributed by atoms with Crippen molar-refractivity contribution in [3.63, 3.8) is 0 Å². The highest BCUT2D eigenvalue weighted by molar-refractivity contribution is 5.93. The fourth-order valence-corrected chi connectivity index (χ4v) is 4.62. The molecule has 2 aliphatic heterocycles. The van der Waals surface area contributed by atoms with Gasteiger partial charge in [0, 0.05) is 62.3 Å². The quantitative estimate of drug-likeness (QED) is 0.470. The molecule has 0 aliphatic carbocycles. The van der Waals surface area contributed by atoms with Crippen LogP contribution in [-0.2, 0) is 13.0 Å². The van der Waals surface area contributed by atoms with Gasteiger partial charge < -0.3 is 14.4 Å². The van der Waals surface area contributed by atoms with E-state index in [-0.39, 0.29) is 0 Å². The third kappa shape index (κ3) is 4.07. The average Bonchev–Trinajstić information content (AvgIpc) is 3.34. The SMILES string of the molecule is c1ccc2c(N3CCN(Cc4ccc5c(c4)OCO5)CC3)nnc(Cc3ccncc3)c2c1. The fourth-order valence-electron chi connectivity index (χ4n) is 4.62. The number of aromatic nitrogens is 3.